The molecule has 0 bridgehead atoms. The molecule has 5 heteroatoms. The fourth-order valence-corrected chi connectivity index (χ4v) is 2.92. The summed E-state index contributed by atoms with van der Waals surface area (Å²) in [5.74, 6) is 0. The Morgan fingerprint density at radius 1 is 1.50 bits per heavy atom. The van der Waals surface area contributed by atoms with Crippen LogP contribution >= 0.6 is 27.7 Å². The van der Waals surface area contributed by atoms with Crippen molar-refractivity contribution in [1.82, 2.24) is 4.98 Å². The number of hydrogen-bond acceptors (Lipinski definition) is 4. The first-order chi connectivity index (χ1) is 8.54. The van der Waals surface area contributed by atoms with Crippen LogP contribution in [0.1, 0.15) is 18.2 Å². The summed E-state index contributed by atoms with van der Waals surface area (Å²) in [7, 11) is 0. The maximum absolute atomic E-state index is 5.88. The molecule has 0 spiro atoms. The Morgan fingerprint density at radius 2 is 2.28 bits per heavy atom. The molecule has 1 atom stereocenters. The molecule has 96 valence electrons. The van der Waals surface area contributed by atoms with E-state index in [9.17, 15) is 0 Å². The van der Waals surface area contributed by atoms with Gasteiger partial charge in [-0.15, -0.1) is 0 Å². The Morgan fingerprint density at radius 3 is 2.89 bits per heavy atom. The van der Waals surface area contributed by atoms with Gasteiger partial charge in [-0.05, 0) is 55.8 Å². The fraction of sp³-hybridized carbons (Fsp3) is 0.308. The summed E-state index contributed by atoms with van der Waals surface area (Å²) in [6.07, 6.45) is 2.49. The van der Waals surface area contributed by atoms with Gasteiger partial charge < -0.3 is 10.2 Å². The van der Waals surface area contributed by atoms with Gasteiger partial charge in [0.25, 0.3) is 5.22 Å². The number of nitrogens with zero attached hydrogens (tertiary/aromatic N) is 1. The highest BCUT2D eigenvalue weighted by Crippen LogP contribution is 2.32. The molecule has 0 aliphatic carbocycles. The first kappa shape index (κ1) is 13.6. The zero-order valence-corrected chi connectivity index (χ0v) is 12.7. The molecule has 1 unspecified atom stereocenters. The van der Waals surface area contributed by atoms with Crippen molar-refractivity contribution in [3.8, 4) is 0 Å². The standard InChI is InChI=1S/C13H15BrN2OS/c1-8(15)5-10-6-11(14)3-4-12(10)18-13-16-9(2)7-17-13/h3-4,6-8H,5,15H2,1-2H3. The highest BCUT2D eigenvalue weighted by Gasteiger charge is 2.10. The van der Waals surface area contributed by atoms with Crippen molar-refractivity contribution in [3.05, 3.63) is 40.2 Å². The van der Waals surface area contributed by atoms with Crippen LogP contribution in [0.2, 0.25) is 0 Å². The van der Waals surface area contributed by atoms with Gasteiger partial charge in [0.2, 0.25) is 0 Å². The smallest absolute Gasteiger partial charge is 0.260 e. The van der Waals surface area contributed by atoms with Gasteiger partial charge in [0.05, 0.1) is 5.69 Å². The minimum absolute atomic E-state index is 0.130. The van der Waals surface area contributed by atoms with E-state index >= 15 is 0 Å². The van der Waals surface area contributed by atoms with Gasteiger partial charge in [0, 0.05) is 15.4 Å². The number of benzene rings is 1. The van der Waals surface area contributed by atoms with E-state index in [4.69, 9.17) is 10.2 Å². The van der Waals surface area contributed by atoms with E-state index in [-0.39, 0.29) is 6.04 Å². The van der Waals surface area contributed by atoms with E-state index in [1.807, 2.05) is 19.9 Å². The van der Waals surface area contributed by atoms with E-state index in [1.54, 1.807) is 6.26 Å². The number of nitrogens with two attached hydrogens (primary N) is 1. The third-order valence-corrected chi connectivity index (χ3v) is 3.83. The second-order valence-electron chi connectivity index (χ2n) is 4.29. The summed E-state index contributed by atoms with van der Waals surface area (Å²) < 4.78 is 6.43. The number of rotatable bonds is 4. The predicted octanol–water partition coefficient (Wildman–Crippen LogP) is 3.79. The van der Waals surface area contributed by atoms with Crippen molar-refractivity contribution < 1.29 is 4.42 Å². The summed E-state index contributed by atoms with van der Waals surface area (Å²) in [6.45, 7) is 3.92. The quantitative estimate of drug-likeness (QED) is 0.928. The van der Waals surface area contributed by atoms with Gasteiger partial charge in [0.1, 0.15) is 6.26 Å². The van der Waals surface area contributed by atoms with Crippen LogP contribution in [-0.4, -0.2) is 11.0 Å². The summed E-state index contributed by atoms with van der Waals surface area (Å²) >= 11 is 5.02. The van der Waals surface area contributed by atoms with Gasteiger partial charge in [-0.3, -0.25) is 0 Å². The zero-order chi connectivity index (χ0) is 13.1. The third kappa shape index (κ3) is 3.60. The van der Waals surface area contributed by atoms with Crippen LogP contribution in [-0.2, 0) is 6.42 Å². The second kappa shape index (κ2) is 5.91. The summed E-state index contributed by atoms with van der Waals surface area (Å²) in [6, 6.07) is 6.31. The lowest BCUT2D eigenvalue weighted by Gasteiger charge is -2.10. The highest BCUT2D eigenvalue weighted by molar-refractivity contribution is 9.10. The van der Waals surface area contributed by atoms with Gasteiger partial charge in [-0.25, -0.2) is 4.98 Å². The molecule has 3 nitrogen and oxygen atoms in total. The molecule has 2 N–H and O–H groups in total. The largest absolute Gasteiger partial charge is 0.439 e. The van der Waals surface area contributed by atoms with E-state index in [0.29, 0.717) is 5.22 Å². The molecular formula is C13H15BrN2OS. The van der Waals surface area contributed by atoms with Crippen molar-refractivity contribution in [2.24, 2.45) is 5.73 Å². The average Bonchev–Trinajstić information content (AvgIpc) is 2.67. The molecule has 1 heterocycles. The maximum atomic E-state index is 5.88. The first-order valence-corrected chi connectivity index (χ1v) is 7.29. The minimum Gasteiger partial charge on any atom is -0.439 e. The normalized spacial score (nSPS) is 12.7. The minimum atomic E-state index is 0.130. The number of halogens is 1. The van der Waals surface area contributed by atoms with E-state index in [0.717, 1.165) is 21.5 Å². The summed E-state index contributed by atoms with van der Waals surface area (Å²) in [5, 5.41) is 0.667. The van der Waals surface area contributed by atoms with Gasteiger partial charge in [-0.1, -0.05) is 15.9 Å². The molecule has 1 aromatic heterocycles. The molecule has 0 radical (unpaired) electrons. The van der Waals surface area contributed by atoms with Crippen LogP contribution in [0.15, 0.2) is 43.5 Å². The van der Waals surface area contributed by atoms with E-state index in [1.165, 1.54) is 17.3 Å². The molecule has 1 aromatic carbocycles. The molecule has 0 aliphatic heterocycles. The monoisotopic (exact) mass is 326 g/mol. The summed E-state index contributed by atoms with van der Waals surface area (Å²) in [4.78, 5) is 5.44. The Bertz CT molecular complexity index is 540. The lowest BCUT2D eigenvalue weighted by molar-refractivity contribution is 0.454. The molecule has 2 rings (SSSR count). The molecular weight excluding hydrogens is 312 g/mol. The average molecular weight is 327 g/mol. The Labute approximate surface area is 119 Å². The number of oxazole rings is 1. The van der Waals surface area contributed by atoms with Crippen LogP contribution in [0, 0.1) is 6.92 Å². The number of hydrogen-bond donors (Lipinski definition) is 1. The highest BCUT2D eigenvalue weighted by atomic mass is 79.9. The SMILES string of the molecule is Cc1coc(Sc2ccc(Br)cc2CC(C)N)n1. The van der Waals surface area contributed by atoms with Crippen molar-refractivity contribution in [3.63, 3.8) is 0 Å². The number of aromatic nitrogens is 1. The van der Waals surface area contributed by atoms with E-state index < -0.39 is 0 Å². The van der Waals surface area contributed by atoms with Crippen LogP contribution in [0.25, 0.3) is 0 Å². The van der Waals surface area contributed by atoms with Gasteiger partial charge in [-0.2, -0.15) is 0 Å². The lowest BCUT2D eigenvalue weighted by atomic mass is 10.1. The van der Waals surface area contributed by atoms with E-state index in [2.05, 4.69) is 33.0 Å². The van der Waals surface area contributed by atoms with Crippen LogP contribution in [0.3, 0.4) is 0 Å². The van der Waals surface area contributed by atoms with Crippen LogP contribution in [0.4, 0.5) is 0 Å². The van der Waals surface area contributed by atoms with Crippen molar-refractivity contribution in [1.29, 1.82) is 0 Å². The maximum Gasteiger partial charge on any atom is 0.260 e. The van der Waals surface area contributed by atoms with Crippen molar-refractivity contribution in [2.75, 3.05) is 0 Å². The molecule has 0 fully saturated rings. The molecule has 0 saturated heterocycles. The zero-order valence-electron chi connectivity index (χ0n) is 10.3. The van der Waals surface area contributed by atoms with Crippen molar-refractivity contribution in [2.45, 2.75) is 36.4 Å². The van der Waals surface area contributed by atoms with Crippen LogP contribution in [0.5, 0.6) is 0 Å². The van der Waals surface area contributed by atoms with Gasteiger partial charge in [0.15, 0.2) is 0 Å². The number of aryl methyl sites for hydroxylation is 1. The predicted molar refractivity (Wildman–Crippen MR) is 76.9 cm³/mol. The van der Waals surface area contributed by atoms with Gasteiger partial charge >= 0.3 is 0 Å². The van der Waals surface area contributed by atoms with Crippen LogP contribution < -0.4 is 5.73 Å². The molecule has 0 amide bonds. The first-order valence-electron chi connectivity index (χ1n) is 5.68. The lowest BCUT2D eigenvalue weighted by Crippen LogP contribution is -2.18. The molecule has 18 heavy (non-hydrogen) atoms. The van der Waals surface area contributed by atoms with Crippen molar-refractivity contribution >= 4 is 27.7 Å². The Hall–Kier alpha value is -0.780. The Balaban J connectivity index is 2.26. The fourth-order valence-electron chi connectivity index (χ4n) is 1.63. The summed E-state index contributed by atoms with van der Waals surface area (Å²) in [5.41, 5.74) is 7.98. The molecule has 0 saturated carbocycles. The topological polar surface area (TPSA) is 52.0 Å². The second-order valence-corrected chi connectivity index (χ2v) is 6.20. The molecule has 2 aromatic rings. The molecule has 0 aliphatic rings. The third-order valence-electron chi connectivity index (χ3n) is 2.36. The Kier molecular flexibility index (Phi) is 4.48.